The fourth-order valence-electron chi connectivity index (χ4n) is 0.934. The molecule has 0 fully saturated rings. The Morgan fingerprint density at radius 3 is 2.53 bits per heavy atom. The Kier molecular flexibility index (Phi) is 2.76. The van der Waals surface area contributed by atoms with Crippen molar-refractivity contribution in [3.63, 3.8) is 0 Å². The minimum Gasteiger partial charge on any atom is -0.507 e. The molecular formula is C8H7NO5S. The first kappa shape index (κ1) is 11.2. The van der Waals surface area contributed by atoms with Gasteiger partial charge < -0.3 is 5.11 Å². The smallest absolute Gasteiger partial charge is 0.271 e. The second-order valence-electron chi connectivity index (χ2n) is 2.62. The van der Waals surface area contributed by atoms with Crippen LogP contribution in [0, 0.1) is 10.1 Å². The van der Waals surface area contributed by atoms with Crippen LogP contribution < -0.4 is 0 Å². The third-order valence-corrected chi connectivity index (χ3v) is 3.06. The SMILES string of the molecule is C=CS(=O)(=O)c1cc([N+](=O)[O-])ccc1O. The summed E-state index contributed by atoms with van der Waals surface area (Å²) in [5.41, 5.74) is -0.409. The number of nitro benzene ring substituents is 1. The Hall–Kier alpha value is -1.89. The van der Waals surface area contributed by atoms with Crippen molar-refractivity contribution in [3.05, 3.63) is 40.3 Å². The summed E-state index contributed by atoms with van der Waals surface area (Å²) < 4.78 is 22.6. The first-order valence-electron chi connectivity index (χ1n) is 3.73. The summed E-state index contributed by atoms with van der Waals surface area (Å²) in [7, 11) is -3.88. The topological polar surface area (TPSA) is 97.5 Å². The van der Waals surface area contributed by atoms with E-state index in [9.17, 15) is 23.6 Å². The lowest BCUT2D eigenvalue weighted by Gasteiger charge is -2.01. The van der Waals surface area contributed by atoms with Gasteiger partial charge in [0.25, 0.3) is 5.69 Å². The van der Waals surface area contributed by atoms with Gasteiger partial charge in [-0.1, -0.05) is 6.58 Å². The average molecular weight is 229 g/mol. The maximum atomic E-state index is 11.3. The lowest BCUT2D eigenvalue weighted by molar-refractivity contribution is -0.385. The molecule has 0 unspecified atom stereocenters. The zero-order valence-electron chi connectivity index (χ0n) is 7.45. The van der Waals surface area contributed by atoms with Gasteiger partial charge in [-0.15, -0.1) is 0 Å². The summed E-state index contributed by atoms with van der Waals surface area (Å²) in [6, 6.07) is 2.75. The van der Waals surface area contributed by atoms with Gasteiger partial charge in [0.05, 0.1) is 4.92 Å². The summed E-state index contributed by atoms with van der Waals surface area (Å²) >= 11 is 0. The van der Waals surface area contributed by atoms with Crippen LogP contribution in [-0.4, -0.2) is 18.4 Å². The monoisotopic (exact) mass is 229 g/mol. The highest BCUT2D eigenvalue weighted by Crippen LogP contribution is 2.28. The molecule has 7 heteroatoms. The van der Waals surface area contributed by atoms with Gasteiger partial charge in [0, 0.05) is 17.5 Å². The molecule has 80 valence electrons. The Bertz CT molecular complexity index is 520. The van der Waals surface area contributed by atoms with E-state index in [-0.39, 0.29) is 0 Å². The molecule has 1 N–H and O–H groups in total. The van der Waals surface area contributed by atoms with Gasteiger partial charge in [0.1, 0.15) is 10.6 Å². The Labute approximate surface area is 85.5 Å². The summed E-state index contributed by atoms with van der Waals surface area (Å²) in [4.78, 5) is 9.11. The fourth-order valence-corrected chi connectivity index (χ4v) is 1.76. The predicted octanol–water partition coefficient (Wildman–Crippen LogP) is 1.22. The molecule has 0 aliphatic carbocycles. The average Bonchev–Trinajstić information content (AvgIpc) is 2.17. The van der Waals surface area contributed by atoms with Crippen LogP contribution in [0.4, 0.5) is 5.69 Å². The maximum absolute atomic E-state index is 11.3. The van der Waals surface area contributed by atoms with E-state index < -0.39 is 31.1 Å². The van der Waals surface area contributed by atoms with Crippen molar-refractivity contribution in [1.82, 2.24) is 0 Å². The van der Waals surface area contributed by atoms with Gasteiger partial charge >= 0.3 is 0 Å². The van der Waals surface area contributed by atoms with Crippen LogP contribution in [-0.2, 0) is 9.84 Å². The minimum absolute atomic E-state index is 0.409. The zero-order valence-corrected chi connectivity index (χ0v) is 8.27. The first-order valence-corrected chi connectivity index (χ1v) is 5.28. The van der Waals surface area contributed by atoms with Crippen LogP contribution in [0.5, 0.6) is 5.75 Å². The van der Waals surface area contributed by atoms with Crippen LogP contribution in [0.3, 0.4) is 0 Å². The van der Waals surface area contributed by atoms with E-state index in [2.05, 4.69) is 6.58 Å². The molecule has 0 spiro atoms. The normalized spacial score (nSPS) is 10.9. The first-order chi connectivity index (χ1) is 6.88. The van der Waals surface area contributed by atoms with Crippen molar-refractivity contribution in [2.45, 2.75) is 4.90 Å². The molecule has 0 aliphatic rings. The molecule has 6 nitrogen and oxygen atoms in total. The lowest BCUT2D eigenvalue weighted by Crippen LogP contribution is -1.98. The number of nitrogens with zero attached hydrogens (tertiary/aromatic N) is 1. The molecule has 1 aromatic rings. The van der Waals surface area contributed by atoms with E-state index >= 15 is 0 Å². The summed E-state index contributed by atoms with van der Waals surface area (Å²) in [5.74, 6) is -0.541. The third kappa shape index (κ3) is 2.13. The van der Waals surface area contributed by atoms with Gasteiger partial charge in [0.2, 0.25) is 9.84 Å². The van der Waals surface area contributed by atoms with Gasteiger partial charge in [-0.25, -0.2) is 8.42 Å². The van der Waals surface area contributed by atoms with Crippen molar-refractivity contribution in [2.75, 3.05) is 0 Å². The standard InChI is InChI=1S/C8H7NO5S/c1-2-15(13,14)8-5-6(9(11)12)3-4-7(8)10/h2-5,10H,1H2. The third-order valence-electron chi connectivity index (χ3n) is 1.68. The Morgan fingerprint density at radius 1 is 1.47 bits per heavy atom. The highest BCUT2D eigenvalue weighted by molar-refractivity contribution is 7.94. The van der Waals surface area contributed by atoms with Crippen LogP contribution in [0.2, 0.25) is 0 Å². The number of rotatable bonds is 3. The van der Waals surface area contributed by atoms with E-state index in [1.807, 2.05) is 0 Å². The van der Waals surface area contributed by atoms with Crippen LogP contribution in [0.1, 0.15) is 0 Å². The largest absolute Gasteiger partial charge is 0.507 e. The van der Waals surface area contributed by atoms with Gasteiger partial charge in [0.15, 0.2) is 0 Å². The number of sulfone groups is 1. The Balaban J connectivity index is 3.48. The quantitative estimate of drug-likeness (QED) is 0.620. The fraction of sp³-hybridized carbons (Fsp3) is 0. The number of nitro groups is 1. The van der Waals surface area contributed by atoms with Crippen molar-refractivity contribution in [3.8, 4) is 5.75 Å². The highest BCUT2D eigenvalue weighted by atomic mass is 32.2. The van der Waals surface area contributed by atoms with Crippen molar-refractivity contribution >= 4 is 15.5 Å². The summed E-state index contributed by atoms with van der Waals surface area (Å²) in [5, 5.41) is 20.2. The van der Waals surface area contributed by atoms with Crippen molar-refractivity contribution in [1.29, 1.82) is 0 Å². The number of benzene rings is 1. The Morgan fingerprint density at radius 2 is 2.07 bits per heavy atom. The molecule has 1 aromatic carbocycles. The molecule has 0 radical (unpaired) electrons. The predicted molar refractivity (Wildman–Crippen MR) is 52.1 cm³/mol. The minimum atomic E-state index is -3.88. The molecule has 0 amide bonds. The van der Waals surface area contributed by atoms with E-state index in [4.69, 9.17) is 0 Å². The van der Waals surface area contributed by atoms with E-state index in [1.54, 1.807) is 0 Å². The second kappa shape index (κ2) is 3.70. The molecule has 0 saturated heterocycles. The highest BCUT2D eigenvalue weighted by Gasteiger charge is 2.19. The van der Waals surface area contributed by atoms with Gasteiger partial charge in [-0.05, 0) is 6.07 Å². The molecule has 0 aliphatic heterocycles. The summed E-state index contributed by atoms with van der Waals surface area (Å²) in [6.07, 6.45) is 0. The number of phenolic OH excluding ortho intramolecular Hbond substituents is 1. The van der Waals surface area contributed by atoms with Crippen LogP contribution in [0.15, 0.2) is 35.1 Å². The number of non-ortho nitro benzene ring substituents is 1. The molecule has 0 aromatic heterocycles. The molecule has 0 bridgehead atoms. The molecule has 0 atom stereocenters. The number of hydrogen-bond donors (Lipinski definition) is 1. The van der Waals surface area contributed by atoms with E-state index in [0.29, 0.717) is 5.41 Å². The van der Waals surface area contributed by atoms with Crippen LogP contribution in [0.25, 0.3) is 0 Å². The van der Waals surface area contributed by atoms with Gasteiger partial charge in [-0.2, -0.15) is 0 Å². The number of phenols is 1. The van der Waals surface area contributed by atoms with E-state index in [0.717, 1.165) is 18.2 Å². The molecular weight excluding hydrogens is 222 g/mol. The number of aromatic hydroxyl groups is 1. The second-order valence-corrected chi connectivity index (χ2v) is 4.48. The molecule has 0 heterocycles. The van der Waals surface area contributed by atoms with Gasteiger partial charge in [-0.3, -0.25) is 10.1 Å². The molecule has 15 heavy (non-hydrogen) atoms. The lowest BCUT2D eigenvalue weighted by atomic mass is 10.3. The molecule has 1 rings (SSSR count). The van der Waals surface area contributed by atoms with Crippen LogP contribution >= 0.6 is 0 Å². The summed E-state index contributed by atoms with van der Waals surface area (Å²) in [6.45, 7) is 3.06. The van der Waals surface area contributed by atoms with E-state index in [1.165, 1.54) is 0 Å². The van der Waals surface area contributed by atoms with Crippen molar-refractivity contribution in [2.24, 2.45) is 0 Å². The zero-order chi connectivity index (χ0) is 11.6. The maximum Gasteiger partial charge on any atom is 0.271 e. The van der Waals surface area contributed by atoms with Crippen molar-refractivity contribution < 1.29 is 18.4 Å². The molecule has 0 saturated carbocycles. The number of hydrogen-bond acceptors (Lipinski definition) is 5.